The number of nitriles is 1. The van der Waals surface area contributed by atoms with E-state index >= 15 is 0 Å². The monoisotopic (exact) mass is 355 g/mol. The Balaban J connectivity index is 1.79. The third-order valence-corrected chi connectivity index (χ3v) is 9.14. The number of aliphatic carboxylic acids is 1. The zero-order chi connectivity index (χ0) is 18.9. The van der Waals surface area contributed by atoms with Gasteiger partial charge >= 0.3 is 5.97 Å². The van der Waals surface area contributed by atoms with E-state index in [1.165, 1.54) is 5.57 Å². The standard InChI is InChI=1S/C23H33NO2/c1-14(2)17-12-23-9-6-18-21(3,7-5-8-22(18,4)20(25)26)19(23)10-16(17)15(11-23)13-24/h12,14-16,18-19H,5-11H2,1-4H3,(H,25,26). The minimum Gasteiger partial charge on any atom is -0.481 e. The number of rotatable bonds is 2. The van der Waals surface area contributed by atoms with E-state index in [2.05, 4.69) is 32.9 Å². The number of fused-ring (bicyclic) bond motifs is 2. The number of nitrogens with zero attached hydrogens (tertiary/aromatic N) is 1. The molecule has 5 aliphatic rings. The summed E-state index contributed by atoms with van der Waals surface area (Å²) in [5.74, 6) is 1.27. The minimum absolute atomic E-state index is 0.0985. The third-order valence-electron chi connectivity index (χ3n) is 9.14. The van der Waals surface area contributed by atoms with Gasteiger partial charge in [-0.2, -0.15) is 5.26 Å². The van der Waals surface area contributed by atoms with Crippen LogP contribution in [0.4, 0.5) is 0 Å². The number of carboxylic acids is 1. The molecule has 0 amide bonds. The molecule has 0 aromatic rings. The molecule has 3 fully saturated rings. The molecule has 0 radical (unpaired) electrons. The topological polar surface area (TPSA) is 61.1 Å². The molecule has 26 heavy (non-hydrogen) atoms. The van der Waals surface area contributed by atoms with E-state index in [1.54, 1.807) is 0 Å². The molecule has 0 aromatic heterocycles. The number of hydrogen-bond donors (Lipinski definition) is 1. The summed E-state index contributed by atoms with van der Waals surface area (Å²) in [6.45, 7) is 8.93. The molecule has 3 saturated carbocycles. The maximum absolute atomic E-state index is 12.2. The van der Waals surface area contributed by atoms with Crippen molar-refractivity contribution < 1.29 is 9.90 Å². The van der Waals surface area contributed by atoms with Gasteiger partial charge in [-0.15, -0.1) is 0 Å². The molecule has 2 bridgehead atoms. The molecule has 0 saturated heterocycles. The van der Waals surface area contributed by atoms with Crippen molar-refractivity contribution in [2.75, 3.05) is 0 Å². The smallest absolute Gasteiger partial charge is 0.309 e. The Morgan fingerprint density at radius 2 is 2.00 bits per heavy atom. The van der Waals surface area contributed by atoms with Gasteiger partial charge in [-0.05, 0) is 80.0 Å². The second-order valence-electron chi connectivity index (χ2n) is 10.5. The summed E-state index contributed by atoms with van der Waals surface area (Å²) in [7, 11) is 0. The van der Waals surface area contributed by atoms with Crippen LogP contribution in [0.5, 0.6) is 0 Å². The first-order valence-electron chi connectivity index (χ1n) is 10.5. The first kappa shape index (κ1) is 18.1. The first-order valence-corrected chi connectivity index (χ1v) is 10.5. The van der Waals surface area contributed by atoms with Crippen molar-refractivity contribution in [2.45, 2.75) is 72.6 Å². The van der Waals surface area contributed by atoms with Crippen molar-refractivity contribution in [3.63, 3.8) is 0 Å². The molecule has 1 N–H and O–H groups in total. The van der Waals surface area contributed by atoms with Crippen molar-refractivity contribution >= 4 is 5.97 Å². The lowest BCUT2D eigenvalue weighted by Crippen LogP contribution is -2.61. The Bertz CT molecular complexity index is 703. The van der Waals surface area contributed by atoms with Crippen molar-refractivity contribution in [3.8, 4) is 6.07 Å². The summed E-state index contributed by atoms with van der Waals surface area (Å²) < 4.78 is 0. The Morgan fingerprint density at radius 1 is 1.27 bits per heavy atom. The fraction of sp³-hybridized carbons (Fsp3) is 0.826. The van der Waals surface area contributed by atoms with E-state index in [0.717, 1.165) is 44.9 Å². The van der Waals surface area contributed by atoms with Crippen LogP contribution in [0.15, 0.2) is 11.6 Å². The second-order valence-corrected chi connectivity index (χ2v) is 10.5. The Labute approximate surface area is 157 Å². The Hall–Kier alpha value is -1.30. The number of hydrogen-bond acceptors (Lipinski definition) is 2. The summed E-state index contributed by atoms with van der Waals surface area (Å²) in [6.07, 6.45) is 9.75. The third kappa shape index (κ3) is 2.14. The molecule has 3 nitrogen and oxygen atoms in total. The van der Waals surface area contributed by atoms with Gasteiger partial charge < -0.3 is 5.11 Å². The highest BCUT2D eigenvalue weighted by Gasteiger charge is 2.65. The number of allylic oxidation sites excluding steroid dienone is 2. The second kappa shape index (κ2) is 5.60. The zero-order valence-electron chi connectivity index (χ0n) is 16.7. The molecule has 5 rings (SSSR count). The SMILES string of the molecule is CC(C)C1=CC23CCC4C(C)(C(=O)O)CCCC4(C)C2CC1C(C#N)C3. The lowest BCUT2D eigenvalue weighted by Gasteiger charge is -2.67. The van der Waals surface area contributed by atoms with E-state index in [4.69, 9.17) is 0 Å². The van der Waals surface area contributed by atoms with Gasteiger partial charge in [0.2, 0.25) is 0 Å². The molecule has 0 heterocycles. The van der Waals surface area contributed by atoms with E-state index in [-0.39, 0.29) is 22.7 Å². The molecular weight excluding hydrogens is 322 g/mol. The number of carbonyl (C=O) groups is 1. The van der Waals surface area contributed by atoms with Crippen molar-refractivity contribution in [3.05, 3.63) is 11.6 Å². The molecule has 3 heteroatoms. The summed E-state index contributed by atoms with van der Waals surface area (Å²) in [5.41, 5.74) is 1.17. The molecule has 0 aliphatic heterocycles. The van der Waals surface area contributed by atoms with Crippen LogP contribution in [0.3, 0.4) is 0 Å². The quantitative estimate of drug-likeness (QED) is 0.672. The molecule has 142 valence electrons. The fourth-order valence-electron chi connectivity index (χ4n) is 7.97. The van der Waals surface area contributed by atoms with Gasteiger partial charge in [-0.25, -0.2) is 0 Å². The highest BCUT2D eigenvalue weighted by Crippen LogP contribution is 2.71. The minimum atomic E-state index is -0.598. The summed E-state index contributed by atoms with van der Waals surface area (Å²) >= 11 is 0. The highest BCUT2D eigenvalue weighted by atomic mass is 16.4. The molecule has 0 aromatic carbocycles. The zero-order valence-corrected chi connectivity index (χ0v) is 16.7. The van der Waals surface area contributed by atoms with Gasteiger partial charge in [0.05, 0.1) is 17.4 Å². The van der Waals surface area contributed by atoms with E-state index in [0.29, 0.717) is 17.8 Å². The van der Waals surface area contributed by atoms with E-state index in [1.807, 2.05) is 6.92 Å². The molecule has 7 unspecified atom stereocenters. The van der Waals surface area contributed by atoms with Gasteiger partial charge in [-0.1, -0.05) is 38.8 Å². The van der Waals surface area contributed by atoms with Gasteiger partial charge in [0.1, 0.15) is 0 Å². The lowest BCUT2D eigenvalue weighted by molar-refractivity contribution is -0.183. The maximum atomic E-state index is 12.2. The van der Waals surface area contributed by atoms with Crippen LogP contribution in [-0.2, 0) is 4.79 Å². The van der Waals surface area contributed by atoms with Crippen LogP contribution in [0.1, 0.15) is 72.6 Å². The van der Waals surface area contributed by atoms with E-state index < -0.39 is 11.4 Å². The van der Waals surface area contributed by atoms with Crippen molar-refractivity contribution in [2.24, 2.45) is 45.8 Å². The van der Waals surface area contributed by atoms with Crippen LogP contribution in [0.25, 0.3) is 0 Å². The van der Waals surface area contributed by atoms with Crippen LogP contribution in [-0.4, -0.2) is 11.1 Å². The summed E-state index contributed by atoms with van der Waals surface area (Å²) in [5, 5.41) is 19.8. The van der Waals surface area contributed by atoms with Crippen LogP contribution in [0, 0.1) is 57.2 Å². The van der Waals surface area contributed by atoms with Gasteiger partial charge in [0.15, 0.2) is 0 Å². The predicted molar refractivity (Wildman–Crippen MR) is 101 cm³/mol. The average Bonchev–Trinajstić information content (AvgIpc) is 2.60. The lowest BCUT2D eigenvalue weighted by atomic mass is 9.37. The largest absolute Gasteiger partial charge is 0.481 e. The van der Waals surface area contributed by atoms with Crippen LogP contribution in [0.2, 0.25) is 0 Å². The molecule has 1 spiro atoms. The van der Waals surface area contributed by atoms with E-state index in [9.17, 15) is 15.2 Å². The van der Waals surface area contributed by atoms with Crippen molar-refractivity contribution in [1.29, 1.82) is 5.26 Å². The normalized spacial score (nSPS) is 49.8. The molecule has 5 aliphatic carbocycles. The summed E-state index contributed by atoms with van der Waals surface area (Å²) in [4.78, 5) is 12.2. The highest BCUT2D eigenvalue weighted by molar-refractivity contribution is 5.75. The average molecular weight is 356 g/mol. The Kier molecular flexibility index (Phi) is 3.89. The molecule has 7 atom stereocenters. The predicted octanol–water partition coefficient (Wildman–Crippen LogP) is 5.43. The van der Waals surface area contributed by atoms with Crippen LogP contribution >= 0.6 is 0 Å². The maximum Gasteiger partial charge on any atom is 0.309 e. The van der Waals surface area contributed by atoms with Gasteiger partial charge in [-0.3, -0.25) is 4.79 Å². The summed E-state index contributed by atoms with van der Waals surface area (Å²) in [6, 6.07) is 2.63. The number of carboxylic acid groups (broad SMARTS) is 1. The first-order chi connectivity index (χ1) is 12.2. The fourth-order valence-corrected chi connectivity index (χ4v) is 7.97. The van der Waals surface area contributed by atoms with Crippen molar-refractivity contribution in [1.82, 2.24) is 0 Å². The van der Waals surface area contributed by atoms with Crippen LogP contribution < -0.4 is 0 Å². The van der Waals surface area contributed by atoms with Gasteiger partial charge in [0, 0.05) is 0 Å². The van der Waals surface area contributed by atoms with Gasteiger partial charge in [0.25, 0.3) is 0 Å². The molecular formula is C23H33NO2. The Morgan fingerprint density at radius 3 is 2.62 bits per heavy atom.